The molecule has 86 valence electrons. The predicted molar refractivity (Wildman–Crippen MR) is 69.5 cm³/mol. The van der Waals surface area contributed by atoms with Gasteiger partial charge in [-0.1, -0.05) is 39.0 Å². The number of para-hydroxylation sites is 1. The van der Waals surface area contributed by atoms with Crippen molar-refractivity contribution in [3.63, 3.8) is 0 Å². The van der Waals surface area contributed by atoms with E-state index >= 15 is 0 Å². The van der Waals surface area contributed by atoms with E-state index in [-0.39, 0.29) is 5.41 Å². The molecule has 1 aromatic rings. The molecule has 1 rings (SSSR count). The Morgan fingerprint density at radius 2 is 1.81 bits per heavy atom. The number of nitrogens with one attached hydrogen (secondary N) is 2. The van der Waals surface area contributed by atoms with E-state index in [0.717, 1.165) is 5.69 Å². The molecule has 0 unspecified atom stereocenters. The molecule has 3 nitrogen and oxygen atoms in total. The van der Waals surface area contributed by atoms with E-state index in [1.807, 2.05) is 51.1 Å². The largest absolute Gasteiger partial charge is 0.385 e. The Labute approximate surface area is 96.9 Å². The van der Waals surface area contributed by atoms with Crippen LogP contribution in [0.3, 0.4) is 0 Å². The Balaban J connectivity index is 2.70. The third-order valence-electron chi connectivity index (χ3n) is 2.17. The highest BCUT2D eigenvalue weighted by molar-refractivity contribution is 5.97. The van der Waals surface area contributed by atoms with Gasteiger partial charge in [0.05, 0.1) is 0 Å². The lowest BCUT2D eigenvalue weighted by Gasteiger charge is -2.17. The van der Waals surface area contributed by atoms with Gasteiger partial charge in [-0.25, -0.2) is 0 Å². The summed E-state index contributed by atoms with van der Waals surface area (Å²) in [5, 5.41) is 10.9. The number of nitrogens with two attached hydrogens (primary N) is 1. The standard InChI is InChI=1S/C13H19N3/c1-13(2,3)11(14)9-12(15)16-10-7-5-4-6-8-10/h4-9,14,16H,15H2,1-3H3/b12-9-,14-11?. The van der Waals surface area contributed by atoms with Crippen molar-refractivity contribution in [1.29, 1.82) is 5.41 Å². The second kappa shape index (κ2) is 4.84. The first-order valence-electron chi connectivity index (χ1n) is 5.28. The SMILES string of the molecule is CC(C)(C)C(=N)/C=C(/N)Nc1ccccc1. The number of allylic oxidation sites excluding steroid dienone is 1. The van der Waals surface area contributed by atoms with Gasteiger partial charge in [0.1, 0.15) is 5.82 Å². The van der Waals surface area contributed by atoms with Crippen molar-refractivity contribution >= 4 is 11.4 Å². The van der Waals surface area contributed by atoms with Gasteiger partial charge in [0, 0.05) is 16.8 Å². The lowest BCUT2D eigenvalue weighted by atomic mass is 9.90. The van der Waals surface area contributed by atoms with Gasteiger partial charge in [0.25, 0.3) is 0 Å². The van der Waals surface area contributed by atoms with Crippen molar-refractivity contribution in [2.75, 3.05) is 5.32 Å². The molecule has 0 aliphatic carbocycles. The normalized spacial score (nSPS) is 12.3. The molecule has 16 heavy (non-hydrogen) atoms. The van der Waals surface area contributed by atoms with E-state index in [1.165, 1.54) is 0 Å². The van der Waals surface area contributed by atoms with E-state index in [9.17, 15) is 0 Å². The van der Waals surface area contributed by atoms with Gasteiger partial charge in [0.15, 0.2) is 0 Å². The van der Waals surface area contributed by atoms with Crippen molar-refractivity contribution in [2.45, 2.75) is 20.8 Å². The van der Waals surface area contributed by atoms with Gasteiger partial charge in [-0.05, 0) is 18.2 Å². The van der Waals surface area contributed by atoms with E-state index in [0.29, 0.717) is 11.5 Å². The van der Waals surface area contributed by atoms with Gasteiger partial charge >= 0.3 is 0 Å². The van der Waals surface area contributed by atoms with Gasteiger partial charge in [-0.3, -0.25) is 0 Å². The molecule has 0 bridgehead atoms. The van der Waals surface area contributed by atoms with Gasteiger partial charge < -0.3 is 16.5 Å². The summed E-state index contributed by atoms with van der Waals surface area (Å²) in [4.78, 5) is 0. The van der Waals surface area contributed by atoms with Crippen LogP contribution >= 0.6 is 0 Å². The summed E-state index contributed by atoms with van der Waals surface area (Å²) in [6.07, 6.45) is 1.66. The Morgan fingerprint density at radius 3 is 2.31 bits per heavy atom. The smallest absolute Gasteiger partial charge is 0.102 e. The van der Waals surface area contributed by atoms with E-state index in [4.69, 9.17) is 11.1 Å². The Hall–Kier alpha value is -1.77. The summed E-state index contributed by atoms with van der Waals surface area (Å²) < 4.78 is 0. The molecular formula is C13H19N3. The molecule has 0 spiro atoms. The summed E-state index contributed by atoms with van der Waals surface area (Å²) >= 11 is 0. The van der Waals surface area contributed by atoms with Crippen LogP contribution in [0.5, 0.6) is 0 Å². The highest BCUT2D eigenvalue weighted by atomic mass is 15.0. The van der Waals surface area contributed by atoms with Crippen LogP contribution in [0.1, 0.15) is 20.8 Å². The summed E-state index contributed by atoms with van der Waals surface area (Å²) in [6, 6.07) is 9.68. The molecule has 0 amide bonds. The van der Waals surface area contributed by atoms with Crippen LogP contribution in [0.4, 0.5) is 5.69 Å². The molecule has 0 heterocycles. The molecule has 4 N–H and O–H groups in total. The summed E-state index contributed by atoms with van der Waals surface area (Å²) in [7, 11) is 0. The maximum atomic E-state index is 7.84. The molecule has 3 heteroatoms. The third-order valence-corrected chi connectivity index (χ3v) is 2.17. The average Bonchev–Trinajstić information content (AvgIpc) is 2.17. The van der Waals surface area contributed by atoms with Crippen molar-refractivity contribution in [3.8, 4) is 0 Å². The first-order valence-corrected chi connectivity index (χ1v) is 5.28. The molecule has 0 aromatic heterocycles. The lowest BCUT2D eigenvalue weighted by molar-refractivity contribution is 0.590. The highest BCUT2D eigenvalue weighted by Gasteiger charge is 2.15. The van der Waals surface area contributed by atoms with Crippen molar-refractivity contribution in [3.05, 3.63) is 42.2 Å². The van der Waals surface area contributed by atoms with Crippen LogP contribution in [-0.4, -0.2) is 5.71 Å². The van der Waals surface area contributed by atoms with Crippen LogP contribution in [0, 0.1) is 10.8 Å². The monoisotopic (exact) mass is 217 g/mol. The minimum Gasteiger partial charge on any atom is -0.385 e. The van der Waals surface area contributed by atoms with Gasteiger partial charge in [-0.15, -0.1) is 0 Å². The number of benzene rings is 1. The van der Waals surface area contributed by atoms with E-state index < -0.39 is 0 Å². The lowest BCUT2D eigenvalue weighted by Crippen LogP contribution is -2.20. The fourth-order valence-electron chi connectivity index (χ4n) is 1.10. The molecule has 0 saturated heterocycles. The predicted octanol–water partition coefficient (Wildman–Crippen LogP) is 2.96. The summed E-state index contributed by atoms with van der Waals surface area (Å²) in [6.45, 7) is 5.96. The highest BCUT2D eigenvalue weighted by Crippen LogP contribution is 2.16. The Morgan fingerprint density at radius 1 is 1.25 bits per heavy atom. The van der Waals surface area contributed by atoms with E-state index in [1.54, 1.807) is 6.08 Å². The minimum absolute atomic E-state index is 0.178. The maximum absolute atomic E-state index is 7.84. The van der Waals surface area contributed by atoms with Crippen molar-refractivity contribution in [1.82, 2.24) is 0 Å². The Bertz CT molecular complexity index is 385. The number of hydrogen-bond acceptors (Lipinski definition) is 3. The van der Waals surface area contributed by atoms with Crippen LogP contribution in [-0.2, 0) is 0 Å². The van der Waals surface area contributed by atoms with Gasteiger partial charge in [0.2, 0.25) is 0 Å². The maximum Gasteiger partial charge on any atom is 0.102 e. The topological polar surface area (TPSA) is 61.9 Å². The zero-order valence-corrected chi connectivity index (χ0v) is 10.0. The molecule has 0 fully saturated rings. The van der Waals surface area contributed by atoms with E-state index in [2.05, 4.69) is 5.32 Å². The number of anilines is 1. The van der Waals surface area contributed by atoms with Crippen molar-refractivity contribution in [2.24, 2.45) is 11.1 Å². The zero-order chi connectivity index (χ0) is 12.2. The fraction of sp³-hybridized carbons (Fsp3) is 0.308. The molecule has 0 aliphatic rings. The van der Waals surface area contributed by atoms with Crippen LogP contribution in [0.15, 0.2) is 42.2 Å². The molecule has 0 saturated carbocycles. The minimum atomic E-state index is -0.178. The molecule has 0 atom stereocenters. The first kappa shape index (κ1) is 12.3. The molecule has 0 aliphatic heterocycles. The average molecular weight is 217 g/mol. The quantitative estimate of drug-likeness (QED) is 0.682. The molecule has 1 aromatic carbocycles. The van der Waals surface area contributed by atoms with Crippen LogP contribution in [0.25, 0.3) is 0 Å². The molecule has 0 radical (unpaired) electrons. The summed E-state index contributed by atoms with van der Waals surface area (Å²) in [5.41, 5.74) is 7.07. The Kier molecular flexibility index (Phi) is 3.72. The number of hydrogen-bond donors (Lipinski definition) is 3. The number of rotatable bonds is 3. The van der Waals surface area contributed by atoms with Crippen molar-refractivity contribution < 1.29 is 0 Å². The second-order valence-electron chi connectivity index (χ2n) is 4.75. The zero-order valence-electron chi connectivity index (χ0n) is 10.0. The second-order valence-corrected chi connectivity index (χ2v) is 4.75. The van der Waals surface area contributed by atoms with Crippen LogP contribution < -0.4 is 11.1 Å². The van der Waals surface area contributed by atoms with Gasteiger partial charge in [-0.2, -0.15) is 0 Å². The fourth-order valence-corrected chi connectivity index (χ4v) is 1.10. The van der Waals surface area contributed by atoms with Crippen LogP contribution in [0.2, 0.25) is 0 Å². The first-order chi connectivity index (χ1) is 7.39. The summed E-state index contributed by atoms with van der Waals surface area (Å²) in [5.74, 6) is 0.492. The third kappa shape index (κ3) is 3.77. The molecular weight excluding hydrogens is 198 g/mol.